The van der Waals surface area contributed by atoms with E-state index in [0.29, 0.717) is 24.4 Å². The summed E-state index contributed by atoms with van der Waals surface area (Å²) in [6.45, 7) is 14.0. The Labute approximate surface area is 126 Å². The van der Waals surface area contributed by atoms with Crippen LogP contribution >= 0.6 is 0 Å². The minimum absolute atomic E-state index is 0.213. The molecule has 0 radical (unpaired) electrons. The highest BCUT2D eigenvalue weighted by molar-refractivity contribution is 5.75. The van der Waals surface area contributed by atoms with Crippen LogP contribution in [0.3, 0.4) is 0 Å². The molecule has 0 aliphatic carbocycles. The summed E-state index contributed by atoms with van der Waals surface area (Å²) >= 11 is 0. The fourth-order valence-corrected chi connectivity index (χ4v) is 1.45. The predicted octanol–water partition coefficient (Wildman–Crippen LogP) is 4.14. The first-order chi connectivity index (χ1) is 9.22. The van der Waals surface area contributed by atoms with E-state index in [2.05, 4.69) is 46.9 Å². The highest BCUT2D eigenvalue weighted by Gasteiger charge is 2.06. The van der Waals surface area contributed by atoms with E-state index in [-0.39, 0.29) is 5.91 Å². The zero-order chi connectivity index (χ0) is 16.0. The summed E-state index contributed by atoms with van der Waals surface area (Å²) in [5.74, 6) is 0.839. The molecular formula is C17H37NO2. The van der Waals surface area contributed by atoms with Crippen molar-refractivity contribution in [3.8, 4) is 0 Å². The van der Waals surface area contributed by atoms with Crippen LogP contribution in [0.4, 0.5) is 0 Å². The van der Waals surface area contributed by atoms with Crippen LogP contribution in [0.2, 0.25) is 0 Å². The van der Waals surface area contributed by atoms with E-state index in [0.717, 1.165) is 25.8 Å². The van der Waals surface area contributed by atoms with Crippen LogP contribution in [0.25, 0.3) is 0 Å². The summed E-state index contributed by atoms with van der Waals surface area (Å²) in [6.07, 6.45) is 6.12. The van der Waals surface area contributed by atoms with E-state index in [4.69, 9.17) is 5.11 Å². The second-order valence-corrected chi connectivity index (χ2v) is 7.02. The summed E-state index contributed by atoms with van der Waals surface area (Å²) in [4.78, 5) is 11.2. The quantitative estimate of drug-likeness (QED) is 0.659. The standard InChI is InChI=1S/C11H23NO.C6H14O/c1-4-5-6-9-12-11(13)8-7-10(2)3;1-6(2,3)4-5-7/h10H,4-9H2,1-3H3,(H,12,13);7H,4-5H2,1-3H3. The van der Waals surface area contributed by atoms with Crippen LogP contribution in [0.15, 0.2) is 0 Å². The van der Waals surface area contributed by atoms with Gasteiger partial charge in [0.05, 0.1) is 0 Å². The monoisotopic (exact) mass is 287 g/mol. The molecule has 0 aliphatic rings. The second kappa shape index (κ2) is 13.4. The average Bonchev–Trinajstić information content (AvgIpc) is 2.31. The molecule has 0 saturated carbocycles. The zero-order valence-corrected chi connectivity index (χ0v) is 14.6. The number of carbonyl (C=O) groups is 1. The Balaban J connectivity index is 0. The van der Waals surface area contributed by atoms with Crippen LogP contribution in [0, 0.1) is 11.3 Å². The van der Waals surface area contributed by atoms with Gasteiger partial charge in [0.25, 0.3) is 0 Å². The Morgan fingerprint density at radius 2 is 1.80 bits per heavy atom. The fourth-order valence-electron chi connectivity index (χ4n) is 1.45. The molecule has 1 amide bonds. The average molecular weight is 287 g/mol. The van der Waals surface area contributed by atoms with Crippen molar-refractivity contribution in [2.24, 2.45) is 11.3 Å². The van der Waals surface area contributed by atoms with Gasteiger partial charge in [-0.3, -0.25) is 4.79 Å². The number of unbranched alkanes of at least 4 members (excludes halogenated alkanes) is 2. The number of hydrogen-bond acceptors (Lipinski definition) is 2. The lowest BCUT2D eigenvalue weighted by molar-refractivity contribution is -0.121. The highest BCUT2D eigenvalue weighted by atomic mass is 16.3. The molecule has 0 heterocycles. The van der Waals surface area contributed by atoms with Crippen molar-refractivity contribution in [3.05, 3.63) is 0 Å². The van der Waals surface area contributed by atoms with Gasteiger partial charge in [0.15, 0.2) is 0 Å². The third-order valence-corrected chi connectivity index (χ3v) is 2.91. The molecule has 0 rings (SSSR count). The second-order valence-electron chi connectivity index (χ2n) is 7.02. The molecule has 0 saturated heterocycles. The predicted molar refractivity (Wildman–Crippen MR) is 87.8 cm³/mol. The molecule has 3 heteroatoms. The van der Waals surface area contributed by atoms with Gasteiger partial charge in [-0.15, -0.1) is 0 Å². The molecule has 0 aromatic rings. The number of carbonyl (C=O) groups excluding carboxylic acids is 1. The Morgan fingerprint density at radius 3 is 2.15 bits per heavy atom. The Hall–Kier alpha value is -0.570. The highest BCUT2D eigenvalue weighted by Crippen LogP contribution is 2.16. The summed E-state index contributed by atoms with van der Waals surface area (Å²) in [7, 11) is 0. The van der Waals surface area contributed by atoms with Gasteiger partial charge in [-0.25, -0.2) is 0 Å². The molecule has 3 nitrogen and oxygen atoms in total. The van der Waals surface area contributed by atoms with Crippen LogP contribution in [-0.4, -0.2) is 24.2 Å². The lowest BCUT2D eigenvalue weighted by atomic mass is 9.93. The summed E-state index contributed by atoms with van der Waals surface area (Å²) in [5, 5.41) is 11.3. The van der Waals surface area contributed by atoms with E-state index >= 15 is 0 Å². The topological polar surface area (TPSA) is 49.3 Å². The summed E-state index contributed by atoms with van der Waals surface area (Å²) in [6, 6.07) is 0. The van der Waals surface area contributed by atoms with Crippen LogP contribution < -0.4 is 5.32 Å². The lowest BCUT2D eigenvalue weighted by Gasteiger charge is -2.14. The molecular weight excluding hydrogens is 250 g/mol. The minimum Gasteiger partial charge on any atom is -0.396 e. The van der Waals surface area contributed by atoms with E-state index in [1.165, 1.54) is 12.8 Å². The SMILES string of the molecule is CC(C)(C)CCO.CCCCCNC(=O)CCC(C)C. The number of hydrogen-bond donors (Lipinski definition) is 2. The normalized spacial score (nSPS) is 11.0. The molecule has 0 spiro atoms. The molecule has 0 bridgehead atoms. The van der Waals surface area contributed by atoms with Crippen molar-refractivity contribution in [3.63, 3.8) is 0 Å². The summed E-state index contributed by atoms with van der Waals surface area (Å²) < 4.78 is 0. The third-order valence-electron chi connectivity index (χ3n) is 2.91. The Bertz CT molecular complexity index is 220. The van der Waals surface area contributed by atoms with Crippen LogP contribution in [0.1, 0.15) is 80.1 Å². The van der Waals surface area contributed by atoms with E-state index < -0.39 is 0 Å². The Kier molecular flexibility index (Phi) is 14.6. The van der Waals surface area contributed by atoms with Crippen molar-refractivity contribution in [1.29, 1.82) is 0 Å². The summed E-state index contributed by atoms with van der Waals surface area (Å²) in [5.41, 5.74) is 0.300. The number of aliphatic hydroxyl groups excluding tert-OH is 1. The molecule has 0 aromatic carbocycles. The molecule has 0 aliphatic heterocycles. The van der Waals surface area contributed by atoms with Crippen molar-refractivity contribution >= 4 is 5.91 Å². The van der Waals surface area contributed by atoms with Gasteiger partial charge in [-0.1, -0.05) is 54.4 Å². The number of rotatable bonds is 8. The Morgan fingerprint density at radius 1 is 1.20 bits per heavy atom. The molecule has 0 atom stereocenters. The smallest absolute Gasteiger partial charge is 0.220 e. The van der Waals surface area contributed by atoms with E-state index in [9.17, 15) is 4.79 Å². The molecule has 2 N–H and O–H groups in total. The van der Waals surface area contributed by atoms with Crippen molar-refractivity contribution < 1.29 is 9.90 Å². The lowest BCUT2D eigenvalue weighted by Crippen LogP contribution is -2.24. The van der Waals surface area contributed by atoms with Crippen molar-refractivity contribution in [2.75, 3.05) is 13.2 Å². The number of amides is 1. The van der Waals surface area contributed by atoms with Crippen LogP contribution in [-0.2, 0) is 4.79 Å². The van der Waals surface area contributed by atoms with Crippen molar-refractivity contribution in [2.45, 2.75) is 80.1 Å². The first-order valence-electron chi connectivity index (χ1n) is 8.10. The van der Waals surface area contributed by atoms with Gasteiger partial charge in [0.1, 0.15) is 0 Å². The number of aliphatic hydroxyl groups is 1. The van der Waals surface area contributed by atoms with E-state index in [1.54, 1.807) is 0 Å². The van der Waals surface area contributed by atoms with Gasteiger partial charge in [0, 0.05) is 19.6 Å². The third kappa shape index (κ3) is 22.6. The van der Waals surface area contributed by atoms with Gasteiger partial charge in [0.2, 0.25) is 5.91 Å². The van der Waals surface area contributed by atoms with Gasteiger partial charge in [-0.05, 0) is 30.6 Å². The van der Waals surface area contributed by atoms with Gasteiger partial charge >= 0.3 is 0 Å². The number of nitrogens with one attached hydrogen (secondary N) is 1. The minimum atomic E-state index is 0.213. The maximum Gasteiger partial charge on any atom is 0.220 e. The first-order valence-corrected chi connectivity index (χ1v) is 8.10. The van der Waals surface area contributed by atoms with Crippen molar-refractivity contribution in [1.82, 2.24) is 5.32 Å². The maximum absolute atomic E-state index is 11.2. The molecule has 122 valence electrons. The maximum atomic E-state index is 11.2. The zero-order valence-electron chi connectivity index (χ0n) is 14.6. The van der Waals surface area contributed by atoms with E-state index in [1.807, 2.05) is 0 Å². The van der Waals surface area contributed by atoms with Crippen LogP contribution in [0.5, 0.6) is 0 Å². The largest absolute Gasteiger partial charge is 0.396 e. The molecule has 0 fully saturated rings. The fraction of sp³-hybridized carbons (Fsp3) is 0.941. The molecule has 0 unspecified atom stereocenters. The molecule has 20 heavy (non-hydrogen) atoms. The first kappa shape index (κ1) is 21.7. The van der Waals surface area contributed by atoms with Gasteiger partial charge in [-0.2, -0.15) is 0 Å². The molecule has 0 aromatic heterocycles. The van der Waals surface area contributed by atoms with Gasteiger partial charge < -0.3 is 10.4 Å².